The Morgan fingerprint density at radius 1 is 1.00 bits per heavy atom. The second-order valence-corrected chi connectivity index (χ2v) is 4.59. The molecule has 0 aliphatic rings. The summed E-state index contributed by atoms with van der Waals surface area (Å²) in [7, 11) is 0. The molecule has 0 saturated carbocycles. The van der Waals surface area contributed by atoms with Gasteiger partial charge in [-0.05, 0) is 29.8 Å². The lowest BCUT2D eigenvalue weighted by atomic mass is 9.96. The van der Waals surface area contributed by atoms with Gasteiger partial charge in [-0.3, -0.25) is 0 Å². The highest BCUT2D eigenvalue weighted by molar-refractivity contribution is 6.30. The van der Waals surface area contributed by atoms with Crippen LogP contribution >= 0.6 is 11.6 Å². The van der Waals surface area contributed by atoms with Crippen LogP contribution in [0.3, 0.4) is 0 Å². The number of alkyl halides is 3. The molecule has 2 aromatic carbocycles. The van der Waals surface area contributed by atoms with Crippen molar-refractivity contribution in [2.45, 2.75) is 12.3 Å². The molecule has 0 amide bonds. The molecule has 0 heterocycles. The van der Waals surface area contributed by atoms with Crippen molar-refractivity contribution in [2.24, 2.45) is 0 Å². The minimum atomic E-state index is -4.63. The zero-order valence-electron chi connectivity index (χ0n) is 9.96. The van der Waals surface area contributed by atoms with Crippen LogP contribution in [0.2, 0.25) is 5.02 Å². The van der Waals surface area contributed by atoms with E-state index in [1.54, 1.807) is 0 Å². The lowest BCUT2D eigenvalue weighted by molar-refractivity contribution is -0.139. The van der Waals surface area contributed by atoms with Gasteiger partial charge in [-0.15, -0.1) is 0 Å². The molecule has 1 N–H and O–H groups in total. The van der Waals surface area contributed by atoms with Gasteiger partial charge in [0.2, 0.25) is 0 Å². The Bertz CT molecular complexity index is 625. The molecule has 6 heteroatoms. The molecular formula is C14H9ClF4O. The van der Waals surface area contributed by atoms with Gasteiger partial charge in [-0.2, -0.15) is 13.2 Å². The Labute approximate surface area is 117 Å². The van der Waals surface area contributed by atoms with E-state index >= 15 is 0 Å². The molecule has 20 heavy (non-hydrogen) atoms. The van der Waals surface area contributed by atoms with Crippen LogP contribution in [-0.4, -0.2) is 5.11 Å². The molecule has 0 aliphatic heterocycles. The number of aliphatic hydroxyl groups excluding tert-OH is 1. The van der Waals surface area contributed by atoms with Crippen molar-refractivity contribution in [2.75, 3.05) is 0 Å². The first-order valence-corrected chi connectivity index (χ1v) is 5.97. The summed E-state index contributed by atoms with van der Waals surface area (Å²) < 4.78 is 52.3. The van der Waals surface area contributed by atoms with Gasteiger partial charge in [0.25, 0.3) is 0 Å². The summed E-state index contributed by atoms with van der Waals surface area (Å²) in [5, 5.41) is 10.2. The van der Waals surface area contributed by atoms with Crippen molar-refractivity contribution in [3.8, 4) is 0 Å². The SMILES string of the molecule is OC(c1cc(Cl)ccc1F)c1ccccc1C(F)(F)F. The third kappa shape index (κ3) is 2.94. The van der Waals surface area contributed by atoms with E-state index in [1.165, 1.54) is 18.2 Å². The van der Waals surface area contributed by atoms with E-state index in [1.807, 2.05) is 0 Å². The van der Waals surface area contributed by atoms with Crippen LogP contribution < -0.4 is 0 Å². The van der Waals surface area contributed by atoms with Gasteiger partial charge in [0.1, 0.15) is 11.9 Å². The molecule has 0 spiro atoms. The maximum Gasteiger partial charge on any atom is 0.416 e. The Kier molecular flexibility index (Phi) is 4.01. The van der Waals surface area contributed by atoms with E-state index in [4.69, 9.17) is 11.6 Å². The van der Waals surface area contributed by atoms with Crippen LogP contribution in [0.15, 0.2) is 42.5 Å². The Morgan fingerprint density at radius 3 is 2.30 bits per heavy atom. The van der Waals surface area contributed by atoms with Crippen molar-refractivity contribution in [3.63, 3.8) is 0 Å². The summed E-state index contributed by atoms with van der Waals surface area (Å²) in [6.07, 6.45) is -6.38. The number of aliphatic hydroxyl groups is 1. The van der Waals surface area contributed by atoms with Gasteiger partial charge in [0.15, 0.2) is 0 Å². The maximum atomic E-state index is 13.6. The molecule has 1 unspecified atom stereocenters. The minimum Gasteiger partial charge on any atom is -0.384 e. The molecule has 1 atom stereocenters. The van der Waals surface area contributed by atoms with Crippen molar-refractivity contribution in [1.82, 2.24) is 0 Å². The van der Waals surface area contributed by atoms with Crippen LogP contribution in [0, 0.1) is 5.82 Å². The number of hydrogen-bond donors (Lipinski definition) is 1. The molecular weight excluding hydrogens is 296 g/mol. The highest BCUT2D eigenvalue weighted by Gasteiger charge is 2.35. The molecule has 0 saturated heterocycles. The Hall–Kier alpha value is -1.59. The van der Waals surface area contributed by atoms with Gasteiger partial charge in [0, 0.05) is 10.6 Å². The molecule has 2 rings (SSSR count). The Balaban J connectivity index is 2.54. The van der Waals surface area contributed by atoms with Crippen LogP contribution in [0.5, 0.6) is 0 Å². The normalized spacial score (nSPS) is 13.3. The largest absolute Gasteiger partial charge is 0.416 e. The average molecular weight is 305 g/mol. The van der Waals surface area contributed by atoms with Crippen LogP contribution in [0.1, 0.15) is 22.8 Å². The van der Waals surface area contributed by atoms with Gasteiger partial charge >= 0.3 is 6.18 Å². The molecule has 0 aliphatic carbocycles. The number of rotatable bonds is 2. The first kappa shape index (κ1) is 14.8. The van der Waals surface area contributed by atoms with E-state index in [0.717, 1.165) is 24.3 Å². The zero-order valence-corrected chi connectivity index (χ0v) is 10.7. The monoisotopic (exact) mass is 304 g/mol. The first-order chi connectivity index (χ1) is 9.30. The highest BCUT2D eigenvalue weighted by Crippen LogP contribution is 2.37. The summed E-state index contributed by atoms with van der Waals surface area (Å²) in [4.78, 5) is 0. The van der Waals surface area contributed by atoms with Gasteiger partial charge < -0.3 is 5.11 Å². The number of benzene rings is 2. The molecule has 106 valence electrons. The fraction of sp³-hybridized carbons (Fsp3) is 0.143. The van der Waals surface area contributed by atoms with Crippen LogP contribution in [0.4, 0.5) is 17.6 Å². The molecule has 0 fully saturated rings. The summed E-state index contributed by atoms with van der Waals surface area (Å²) in [6, 6.07) is 7.84. The second kappa shape index (κ2) is 5.42. The fourth-order valence-corrected chi connectivity index (χ4v) is 2.07. The van der Waals surface area contributed by atoms with Crippen molar-refractivity contribution >= 4 is 11.6 Å². The maximum absolute atomic E-state index is 13.6. The summed E-state index contributed by atoms with van der Waals surface area (Å²) in [5.41, 5.74) is -1.72. The summed E-state index contributed by atoms with van der Waals surface area (Å²) in [5.74, 6) is -0.820. The van der Waals surface area contributed by atoms with Crippen molar-refractivity contribution in [1.29, 1.82) is 0 Å². The molecule has 2 aromatic rings. The fourth-order valence-electron chi connectivity index (χ4n) is 1.89. The van der Waals surface area contributed by atoms with Gasteiger partial charge in [0.05, 0.1) is 5.56 Å². The third-order valence-electron chi connectivity index (χ3n) is 2.81. The van der Waals surface area contributed by atoms with Crippen LogP contribution in [0.25, 0.3) is 0 Å². The molecule has 0 radical (unpaired) electrons. The quantitative estimate of drug-likeness (QED) is 0.805. The highest BCUT2D eigenvalue weighted by atomic mass is 35.5. The summed E-state index contributed by atoms with van der Waals surface area (Å²) >= 11 is 5.68. The topological polar surface area (TPSA) is 20.2 Å². The molecule has 0 bridgehead atoms. The van der Waals surface area contributed by atoms with Crippen molar-refractivity contribution < 1.29 is 22.7 Å². The number of hydrogen-bond acceptors (Lipinski definition) is 1. The lowest BCUT2D eigenvalue weighted by Crippen LogP contribution is -2.13. The van der Waals surface area contributed by atoms with Gasteiger partial charge in [-0.1, -0.05) is 29.8 Å². The average Bonchev–Trinajstić information content (AvgIpc) is 2.40. The minimum absolute atomic E-state index is 0.130. The second-order valence-electron chi connectivity index (χ2n) is 4.15. The smallest absolute Gasteiger partial charge is 0.384 e. The van der Waals surface area contributed by atoms with Gasteiger partial charge in [-0.25, -0.2) is 4.39 Å². The van der Waals surface area contributed by atoms with Crippen LogP contribution in [-0.2, 0) is 6.18 Å². The lowest BCUT2D eigenvalue weighted by Gasteiger charge is -2.18. The number of halogens is 5. The van der Waals surface area contributed by atoms with E-state index in [2.05, 4.69) is 0 Å². The Morgan fingerprint density at radius 2 is 1.65 bits per heavy atom. The van der Waals surface area contributed by atoms with Crippen molar-refractivity contribution in [3.05, 3.63) is 70.0 Å². The molecule has 1 nitrogen and oxygen atoms in total. The molecule has 0 aromatic heterocycles. The van der Waals surface area contributed by atoms with E-state index in [9.17, 15) is 22.7 Å². The zero-order chi connectivity index (χ0) is 14.9. The predicted molar refractivity (Wildman–Crippen MR) is 66.9 cm³/mol. The summed E-state index contributed by atoms with van der Waals surface area (Å²) in [6.45, 7) is 0. The van der Waals surface area contributed by atoms with E-state index in [0.29, 0.717) is 0 Å². The third-order valence-corrected chi connectivity index (χ3v) is 3.05. The predicted octanol–water partition coefficient (Wildman–Crippen LogP) is 4.58. The van der Waals surface area contributed by atoms with E-state index < -0.39 is 29.2 Å². The first-order valence-electron chi connectivity index (χ1n) is 5.60. The standard InChI is InChI=1S/C14H9ClF4O/c15-8-5-6-12(16)10(7-8)13(20)9-3-1-2-4-11(9)14(17,18)19/h1-7,13,20H. The van der Waals surface area contributed by atoms with E-state index in [-0.39, 0.29) is 10.6 Å².